The highest BCUT2D eigenvalue weighted by Crippen LogP contribution is 2.33. The molecule has 0 aliphatic rings. The van der Waals surface area contributed by atoms with Crippen LogP contribution >= 0.6 is 0 Å². The Balaban J connectivity index is 1.64. The lowest BCUT2D eigenvalue weighted by molar-refractivity contribution is -0.138. The van der Waals surface area contributed by atoms with E-state index in [2.05, 4.69) is 33.7 Å². The van der Waals surface area contributed by atoms with Crippen LogP contribution in [0.5, 0.6) is 0 Å². The molecule has 2 aromatic carbocycles. The monoisotopic (exact) mass is 553 g/mol. The van der Waals surface area contributed by atoms with Gasteiger partial charge in [-0.25, -0.2) is 14.4 Å². The molecule has 0 amide bonds. The van der Waals surface area contributed by atoms with Crippen molar-refractivity contribution in [3.8, 4) is 0 Å². The minimum atomic E-state index is -4.76. The van der Waals surface area contributed by atoms with E-state index in [-0.39, 0.29) is 0 Å². The molecule has 4 aromatic rings. The van der Waals surface area contributed by atoms with Gasteiger partial charge in [0.05, 0.1) is 23.3 Å². The van der Waals surface area contributed by atoms with Crippen LogP contribution in [0.15, 0.2) is 82.7 Å². The van der Waals surface area contributed by atoms with Gasteiger partial charge >= 0.3 is 6.18 Å². The number of anilines is 1. The highest BCUT2D eigenvalue weighted by Gasteiger charge is 2.34. The lowest BCUT2D eigenvalue weighted by Gasteiger charge is -2.23. The molecule has 10 heteroatoms. The number of alkyl halides is 3. The molecular formula is C30H31F4N5O. The first-order valence-electron chi connectivity index (χ1n) is 13.0. The predicted molar refractivity (Wildman–Crippen MR) is 149 cm³/mol. The van der Waals surface area contributed by atoms with E-state index in [1.165, 1.54) is 18.3 Å². The van der Waals surface area contributed by atoms with E-state index in [4.69, 9.17) is 0 Å². The van der Waals surface area contributed by atoms with Crippen molar-refractivity contribution in [2.24, 2.45) is 4.99 Å². The summed E-state index contributed by atoms with van der Waals surface area (Å²) in [6.45, 7) is 4.46. The van der Waals surface area contributed by atoms with Crippen LogP contribution in [0.4, 0.5) is 28.9 Å². The highest BCUT2D eigenvalue weighted by molar-refractivity contribution is 5.77. The van der Waals surface area contributed by atoms with Gasteiger partial charge in [0, 0.05) is 49.0 Å². The molecule has 40 heavy (non-hydrogen) atoms. The smallest absolute Gasteiger partial charge is 0.373 e. The van der Waals surface area contributed by atoms with Crippen LogP contribution in [0.1, 0.15) is 24.5 Å². The normalized spacial score (nSPS) is 12.3. The molecule has 0 unspecified atom stereocenters. The SMILES string of the molecule is CCCN(C)CCN(C)c1ccc(N=c2ccc3c(ccc(=O)n3Cc3c(F)cccc3C(F)(F)F)cn2)cc1. The molecule has 2 heterocycles. The molecule has 0 atom stereocenters. The molecular weight excluding hydrogens is 522 g/mol. The van der Waals surface area contributed by atoms with Gasteiger partial charge in [-0.15, -0.1) is 0 Å². The third kappa shape index (κ3) is 6.93. The maximum absolute atomic E-state index is 14.5. The molecule has 0 aliphatic heterocycles. The van der Waals surface area contributed by atoms with Crippen molar-refractivity contribution in [3.63, 3.8) is 0 Å². The van der Waals surface area contributed by atoms with Crippen molar-refractivity contribution in [1.29, 1.82) is 0 Å². The van der Waals surface area contributed by atoms with Crippen LogP contribution < -0.4 is 15.9 Å². The van der Waals surface area contributed by atoms with E-state index >= 15 is 0 Å². The van der Waals surface area contributed by atoms with Gasteiger partial charge in [0.25, 0.3) is 5.56 Å². The lowest BCUT2D eigenvalue weighted by atomic mass is 10.1. The topological polar surface area (TPSA) is 53.7 Å². The summed E-state index contributed by atoms with van der Waals surface area (Å²) in [5.74, 6) is -1.03. The van der Waals surface area contributed by atoms with E-state index in [1.54, 1.807) is 12.1 Å². The first-order chi connectivity index (χ1) is 19.1. The fourth-order valence-corrected chi connectivity index (χ4v) is 4.47. The zero-order valence-corrected chi connectivity index (χ0v) is 22.6. The zero-order valence-electron chi connectivity index (χ0n) is 22.6. The third-order valence-corrected chi connectivity index (χ3v) is 6.68. The summed E-state index contributed by atoms with van der Waals surface area (Å²) in [7, 11) is 4.14. The quantitative estimate of drug-likeness (QED) is 0.253. The van der Waals surface area contributed by atoms with Crippen LogP contribution in [0.25, 0.3) is 10.9 Å². The number of pyridine rings is 1. The summed E-state index contributed by atoms with van der Waals surface area (Å²) in [6, 6.07) is 16.4. The first-order valence-corrected chi connectivity index (χ1v) is 13.0. The Labute approximate surface area is 229 Å². The molecule has 0 spiro atoms. The summed E-state index contributed by atoms with van der Waals surface area (Å²) < 4.78 is 56.3. The molecule has 0 saturated carbocycles. The molecule has 0 fully saturated rings. The Morgan fingerprint density at radius 2 is 1.68 bits per heavy atom. The Bertz CT molecular complexity index is 1600. The first kappa shape index (κ1) is 28.9. The fraction of sp³-hybridized carbons (Fsp3) is 0.300. The van der Waals surface area contributed by atoms with E-state index in [0.717, 1.165) is 54.5 Å². The Morgan fingerprint density at radius 1 is 0.925 bits per heavy atom. The minimum Gasteiger partial charge on any atom is -0.373 e. The van der Waals surface area contributed by atoms with Crippen molar-refractivity contribution in [1.82, 2.24) is 14.5 Å². The van der Waals surface area contributed by atoms with Gasteiger partial charge in [-0.05, 0) is 74.6 Å². The van der Waals surface area contributed by atoms with Crippen molar-refractivity contribution in [2.45, 2.75) is 26.1 Å². The van der Waals surface area contributed by atoms with Crippen LogP contribution in [0, 0.1) is 5.82 Å². The summed E-state index contributed by atoms with van der Waals surface area (Å²) in [6.07, 6.45) is -2.16. The number of hydrogen-bond acceptors (Lipinski definition) is 5. The highest BCUT2D eigenvalue weighted by atomic mass is 19.4. The van der Waals surface area contributed by atoms with Crippen molar-refractivity contribution >= 4 is 22.3 Å². The van der Waals surface area contributed by atoms with Gasteiger partial charge in [-0.2, -0.15) is 13.2 Å². The van der Waals surface area contributed by atoms with E-state index in [9.17, 15) is 22.4 Å². The summed E-state index contributed by atoms with van der Waals surface area (Å²) in [4.78, 5) is 26.1. The number of hydrogen-bond donors (Lipinski definition) is 0. The Hall–Kier alpha value is -4.05. The number of halogens is 4. The van der Waals surface area contributed by atoms with Crippen LogP contribution in [-0.4, -0.2) is 48.2 Å². The molecule has 0 N–H and O–H groups in total. The minimum absolute atomic E-state index is 0.308. The second-order valence-electron chi connectivity index (χ2n) is 9.66. The number of fused-ring (bicyclic) bond motifs is 1. The maximum Gasteiger partial charge on any atom is 0.416 e. The van der Waals surface area contributed by atoms with Gasteiger partial charge in [0.2, 0.25) is 0 Å². The summed E-state index contributed by atoms with van der Waals surface area (Å²) >= 11 is 0. The van der Waals surface area contributed by atoms with E-state index in [0.29, 0.717) is 22.1 Å². The van der Waals surface area contributed by atoms with E-state index in [1.807, 2.05) is 31.3 Å². The van der Waals surface area contributed by atoms with Crippen molar-refractivity contribution in [2.75, 3.05) is 38.6 Å². The average molecular weight is 554 g/mol. The molecule has 210 valence electrons. The van der Waals surface area contributed by atoms with Gasteiger partial charge in [-0.3, -0.25) is 4.79 Å². The largest absolute Gasteiger partial charge is 0.416 e. The van der Waals surface area contributed by atoms with Gasteiger partial charge in [0.15, 0.2) is 5.49 Å². The van der Waals surface area contributed by atoms with Gasteiger partial charge in [-0.1, -0.05) is 13.0 Å². The van der Waals surface area contributed by atoms with Gasteiger partial charge in [0.1, 0.15) is 5.82 Å². The molecule has 2 aromatic heterocycles. The second kappa shape index (κ2) is 12.4. The molecule has 0 bridgehead atoms. The number of benzene rings is 2. The lowest BCUT2D eigenvalue weighted by Crippen LogP contribution is -2.31. The summed E-state index contributed by atoms with van der Waals surface area (Å²) in [5, 5.41) is 0.496. The average Bonchev–Trinajstić information content (AvgIpc) is 3.12. The predicted octanol–water partition coefficient (Wildman–Crippen LogP) is 5.61. The Kier molecular flexibility index (Phi) is 8.99. The molecule has 0 aliphatic carbocycles. The summed E-state index contributed by atoms with van der Waals surface area (Å²) in [5.41, 5.74) is 0.0955. The van der Waals surface area contributed by atoms with E-state index < -0.39 is 35.2 Å². The van der Waals surface area contributed by atoms with Crippen LogP contribution in [0.2, 0.25) is 0 Å². The molecule has 4 rings (SSSR count). The number of likely N-dealkylation sites (N-methyl/N-ethyl adjacent to an activating group) is 2. The maximum atomic E-state index is 14.5. The third-order valence-electron chi connectivity index (χ3n) is 6.68. The number of rotatable bonds is 9. The van der Waals surface area contributed by atoms with Gasteiger partial charge < -0.3 is 14.4 Å². The van der Waals surface area contributed by atoms with Crippen molar-refractivity contribution < 1.29 is 17.6 Å². The van der Waals surface area contributed by atoms with Crippen LogP contribution in [-0.2, 0) is 12.7 Å². The molecule has 6 nitrogen and oxygen atoms in total. The van der Waals surface area contributed by atoms with Crippen LogP contribution in [0.3, 0.4) is 0 Å². The zero-order chi connectivity index (χ0) is 28.9. The number of nitrogens with zero attached hydrogens (tertiary/aromatic N) is 5. The standard InChI is InChI=1S/C30H31F4N5O/c1-4-16-37(2)17-18-38(3)23-11-9-22(10-12-23)36-28-14-13-27-21(19-35-28)8-15-29(40)39(27)20-24-25(30(32,33)34)6-5-7-26(24)31/h5-15,19H,4,16-18,20H2,1-3H3. The second-order valence-corrected chi connectivity index (χ2v) is 9.66. The molecule has 0 radical (unpaired) electrons. The fourth-order valence-electron chi connectivity index (χ4n) is 4.47. The Morgan fingerprint density at radius 3 is 2.38 bits per heavy atom. The molecule has 0 saturated heterocycles. The van der Waals surface area contributed by atoms with Crippen molar-refractivity contribution in [3.05, 3.63) is 106 Å². The number of aromatic nitrogens is 2.